The molecule has 3 aliphatic rings. The molecule has 3 aliphatic heterocycles. The quantitative estimate of drug-likeness (QED) is 0.608. The van der Waals surface area contributed by atoms with Crippen molar-refractivity contribution in [2.24, 2.45) is 10.9 Å². The van der Waals surface area contributed by atoms with E-state index in [4.69, 9.17) is 9.47 Å². The molecule has 34 heavy (non-hydrogen) atoms. The third-order valence-electron chi connectivity index (χ3n) is 6.28. The normalized spacial score (nSPS) is 19.2. The smallest absolute Gasteiger partial charge is 0.283 e. The van der Waals surface area contributed by atoms with E-state index >= 15 is 0 Å². The molecule has 0 saturated carbocycles. The van der Waals surface area contributed by atoms with Crippen LogP contribution in [0.2, 0.25) is 0 Å². The summed E-state index contributed by atoms with van der Waals surface area (Å²) in [5.41, 5.74) is 2.95. The van der Waals surface area contributed by atoms with Gasteiger partial charge in [-0.3, -0.25) is 14.5 Å². The Morgan fingerprint density at radius 1 is 1.12 bits per heavy atom. The highest BCUT2D eigenvalue weighted by Crippen LogP contribution is 2.35. The highest BCUT2D eigenvalue weighted by Gasteiger charge is 2.33. The number of hydrogen-bond donors (Lipinski definition) is 0. The zero-order chi connectivity index (χ0) is 23.7. The minimum absolute atomic E-state index is 0.0871. The molecule has 3 heterocycles. The molecule has 0 atom stereocenters. The van der Waals surface area contributed by atoms with E-state index in [9.17, 15) is 9.59 Å². The monoisotopic (exact) mass is 477 g/mol. The van der Waals surface area contributed by atoms with Gasteiger partial charge in [0.1, 0.15) is 5.70 Å². The van der Waals surface area contributed by atoms with Gasteiger partial charge in [0.2, 0.25) is 12.7 Å². The van der Waals surface area contributed by atoms with Gasteiger partial charge in [-0.25, -0.2) is 4.99 Å². The van der Waals surface area contributed by atoms with Gasteiger partial charge in [-0.1, -0.05) is 42.4 Å². The first-order chi connectivity index (χ1) is 16.5. The number of hydrogen-bond acceptors (Lipinski definition) is 6. The van der Waals surface area contributed by atoms with Crippen LogP contribution >= 0.6 is 11.8 Å². The van der Waals surface area contributed by atoms with Gasteiger partial charge in [0, 0.05) is 13.1 Å². The number of benzene rings is 2. The van der Waals surface area contributed by atoms with Crippen LogP contribution in [-0.2, 0) is 9.59 Å². The number of fused-ring (bicyclic) bond motifs is 1. The van der Waals surface area contributed by atoms with Gasteiger partial charge >= 0.3 is 0 Å². The average molecular weight is 478 g/mol. The molecule has 2 aromatic rings. The summed E-state index contributed by atoms with van der Waals surface area (Å²) in [5, 5.41) is 0.513. The van der Waals surface area contributed by atoms with Crippen molar-refractivity contribution in [1.82, 2.24) is 4.90 Å². The SMILES string of the molecule is Cc1ccc(N2C(=O)/C(=C/c3ccc4c(c3)OCO4)N=C2SCC(=O)N2CCC(C)CC2)cc1. The summed E-state index contributed by atoms with van der Waals surface area (Å²) in [7, 11) is 0. The second-order valence-corrected chi connectivity index (χ2v) is 9.81. The first-order valence-corrected chi connectivity index (χ1v) is 12.5. The van der Waals surface area contributed by atoms with E-state index in [2.05, 4.69) is 11.9 Å². The number of aryl methyl sites for hydroxylation is 1. The van der Waals surface area contributed by atoms with Gasteiger partial charge in [0.15, 0.2) is 16.7 Å². The predicted molar refractivity (Wildman–Crippen MR) is 134 cm³/mol. The first kappa shape index (κ1) is 22.5. The van der Waals surface area contributed by atoms with Crippen molar-refractivity contribution in [2.75, 3.05) is 30.5 Å². The lowest BCUT2D eigenvalue weighted by Gasteiger charge is -2.30. The fourth-order valence-electron chi connectivity index (χ4n) is 4.15. The molecule has 7 nitrogen and oxygen atoms in total. The number of carbonyl (C=O) groups excluding carboxylic acids is 2. The van der Waals surface area contributed by atoms with E-state index < -0.39 is 0 Å². The zero-order valence-corrected chi connectivity index (χ0v) is 20.1. The molecule has 5 rings (SSSR count). The summed E-state index contributed by atoms with van der Waals surface area (Å²) in [4.78, 5) is 34.4. The predicted octanol–water partition coefficient (Wildman–Crippen LogP) is 4.46. The third kappa shape index (κ3) is 4.68. The Morgan fingerprint density at radius 3 is 2.62 bits per heavy atom. The van der Waals surface area contributed by atoms with Gasteiger partial charge in [-0.15, -0.1) is 0 Å². The number of thioether (sulfide) groups is 1. The van der Waals surface area contributed by atoms with Gasteiger partial charge in [0.25, 0.3) is 5.91 Å². The van der Waals surface area contributed by atoms with E-state index in [1.165, 1.54) is 11.8 Å². The maximum absolute atomic E-state index is 13.4. The van der Waals surface area contributed by atoms with Crippen molar-refractivity contribution in [3.8, 4) is 11.5 Å². The number of likely N-dealkylation sites (tertiary alicyclic amines) is 1. The molecule has 0 unspecified atom stereocenters. The van der Waals surface area contributed by atoms with Crippen LogP contribution in [0.1, 0.15) is 30.9 Å². The Labute approximate surface area is 203 Å². The summed E-state index contributed by atoms with van der Waals surface area (Å²) in [6, 6.07) is 13.3. The first-order valence-electron chi connectivity index (χ1n) is 11.5. The Morgan fingerprint density at radius 2 is 1.85 bits per heavy atom. The average Bonchev–Trinajstić information content (AvgIpc) is 3.43. The van der Waals surface area contributed by atoms with Gasteiger partial charge in [-0.2, -0.15) is 0 Å². The van der Waals surface area contributed by atoms with Crippen LogP contribution in [0, 0.1) is 12.8 Å². The standard InChI is InChI=1S/C26H27N3O4S/c1-17-3-6-20(7-4-17)29-25(31)21(13-19-5-8-22-23(14-19)33-16-32-22)27-26(29)34-15-24(30)28-11-9-18(2)10-12-28/h3-8,13-14,18H,9-12,15-16H2,1-2H3/b21-13-. The summed E-state index contributed by atoms with van der Waals surface area (Å²) in [6.07, 6.45) is 3.81. The fraction of sp³-hybridized carbons (Fsp3) is 0.346. The van der Waals surface area contributed by atoms with Crippen LogP contribution < -0.4 is 14.4 Å². The molecule has 0 N–H and O–H groups in total. The molecule has 0 spiro atoms. The maximum atomic E-state index is 13.4. The lowest BCUT2D eigenvalue weighted by Crippen LogP contribution is -2.39. The minimum atomic E-state index is -0.219. The van der Waals surface area contributed by atoms with Crippen molar-refractivity contribution in [3.05, 3.63) is 59.3 Å². The van der Waals surface area contributed by atoms with Crippen LogP contribution in [0.4, 0.5) is 5.69 Å². The van der Waals surface area contributed by atoms with Crippen LogP contribution in [0.15, 0.2) is 53.2 Å². The van der Waals surface area contributed by atoms with Crippen LogP contribution in [0.5, 0.6) is 11.5 Å². The number of anilines is 1. The Balaban J connectivity index is 1.39. The van der Waals surface area contributed by atoms with E-state index in [-0.39, 0.29) is 24.4 Å². The molecule has 1 fully saturated rings. The number of amidine groups is 1. The van der Waals surface area contributed by atoms with Crippen molar-refractivity contribution in [3.63, 3.8) is 0 Å². The van der Waals surface area contributed by atoms with E-state index in [0.717, 1.165) is 42.7 Å². The zero-order valence-electron chi connectivity index (χ0n) is 19.3. The molecule has 176 valence electrons. The Kier molecular flexibility index (Phi) is 6.32. The molecular weight excluding hydrogens is 450 g/mol. The topological polar surface area (TPSA) is 71.4 Å². The Bertz CT molecular complexity index is 1170. The number of rotatable bonds is 4. The minimum Gasteiger partial charge on any atom is -0.454 e. The number of nitrogens with zero attached hydrogens (tertiary/aromatic N) is 3. The second-order valence-electron chi connectivity index (χ2n) is 8.86. The number of piperidine rings is 1. The number of amides is 2. The van der Waals surface area contributed by atoms with Crippen molar-refractivity contribution >= 4 is 40.5 Å². The van der Waals surface area contributed by atoms with E-state index in [1.54, 1.807) is 11.0 Å². The highest BCUT2D eigenvalue weighted by molar-refractivity contribution is 8.14. The summed E-state index contributed by atoms with van der Waals surface area (Å²) < 4.78 is 10.8. The Hall–Kier alpha value is -3.26. The van der Waals surface area contributed by atoms with Crippen LogP contribution in [0.25, 0.3) is 6.08 Å². The lowest BCUT2D eigenvalue weighted by molar-refractivity contribution is -0.129. The largest absolute Gasteiger partial charge is 0.454 e. The molecule has 0 aromatic heterocycles. The van der Waals surface area contributed by atoms with Gasteiger partial charge < -0.3 is 14.4 Å². The van der Waals surface area contributed by atoms with Crippen LogP contribution in [0.3, 0.4) is 0 Å². The molecule has 0 radical (unpaired) electrons. The van der Waals surface area contributed by atoms with Gasteiger partial charge in [-0.05, 0) is 61.6 Å². The molecular formula is C26H27N3O4S. The summed E-state index contributed by atoms with van der Waals surface area (Å²) in [6.45, 7) is 6.01. The van der Waals surface area contributed by atoms with Crippen molar-refractivity contribution < 1.29 is 19.1 Å². The molecule has 2 amide bonds. The second kappa shape index (κ2) is 9.54. The summed E-state index contributed by atoms with van der Waals surface area (Å²) in [5.74, 6) is 2.11. The van der Waals surface area contributed by atoms with E-state index in [0.29, 0.717) is 28.3 Å². The third-order valence-corrected chi connectivity index (χ3v) is 7.21. The number of carbonyl (C=O) groups is 2. The van der Waals surface area contributed by atoms with E-state index in [1.807, 2.05) is 54.3 Å². The maximum Gasteiger partial charge on any atom is 0.283 e. The van der Waals surface area contributed by atoms with Crippen molar-refractivity contribution in [2.45, 2.75) is 26.7 Å². The molecule has 0 bridgehead atoms. The molecule has 8 heteroatoms. The summed E-state index contributed by atoms with van der Waals surface area (Å²) >= 11 is 1.31. The highest BCUT2D eigenvalue weighted by atomic mass is 32.2. The molecule has 2 aromatic carbocycles. The number of aliphatic imine (C=N–C) groups is 1. The fourth-order valence-corrected chi connectivity index (χ4v) is 5.07. The van der Waals surface area contributed by atoms with Crippen molar-refractivity contribution in [1.29, 1.82) is 0 Å². The lowest BCUT2D eigenvalue weighted by atomic mass is 9.99. The number of ether oxygens (including phenoxy) is 2. The van der Waals surface area contributed by atoms with Crippen LogP contribution in [-0.4, -0.2) is 47.5 Å². The van der Waals surface area contributed by atoms with Gasteiger partial charge in [0.05, 0.1) is 11.4 Å². The molecule has 0 aliphatic carbocycles. The molecule has 1 saturated heterocycles.